The third-order valence-corrected chi connectivity index (χ3v) is 7.56. The fraction of sp³-hybridized carbons (Fsp3) is 0.357. The van der Waals surface area contributed by atoms with Gasteiger partial charge in [0, 0.05) is 23.6 Å². The van der Waals surface area contributed by atoms with Crippen LogP contribution >= 0.6 is 0 Å². The number of hydrogen-bond donors (Lipinski definition) is 2. The Morgan fingerprint density at radius 1 is 0.867 bits per heavy atom. The lowest BCUT2D eigenvalue weighted by Crippen LogP contribution is -2.23. The number of fused-ring (bicyclic) bond motifs is 3. The Kier molecular flexibility index (Phi) is 4.61. The molecule has 2 nitrogen and oxygen atoms in total. The van der Waals surface area contributed by atoms with Gasteiger partial charge in [0.15, 0.2) is 0 Å². The Morgan fingerprint density at radius 3 is 2.30 bits per heavy atom. The van der Waals surface area contributed by atoms with Crippen molar-refractivity contribution in [2.75, 3.05) is 18.1 Å². The van der Waals surface area contributed by atoms with Gasteiger partial charge < -0.3 is 11.1 Å². The molecule has 4 aliphatic carbocycles. The predicted octanol–water partition coefficient (Wildman–Crippen LogP) is 6.77. The molecule has 30 heavy (non-hydrogen) atoms. The Morgan fingerprint density at radius 2 is 1.63 bits per heavy atom. The van der Waals surface area contributed by atoms with Gasteiger partial charge in [0.25, 0.3) is 0 Å². The molecule has 154 valence electrons. The molecular formula is C28H32N2. The van der Waals surface area contributed by atoms with Crippen molar-refractivity contribution in [1.82, 2.24) is 0 Å². The Hall–Kier alpha value is -2.74. The highest BCUT2D eigenvalue weighted by Gasteiger charge is 2.32. The average molecular weight is 397 g/mol. The molecule has 4 aliphatic rings. The van der Waals surface area contributed by atoms with Gasteiger partial charge in [0.05, 0.1) is 11.4 Å². The van der Waals surface area contributed by atoms with Gasteiger partial charge in [0.2, 0.25) is 0 Å². The quantitative estimate of drug-likeness (QED) is 0.435. The standard InChI is InChI=1S/C28H32N2/c1-28(2,20-10-5-4-6-11-20)21-13-15-23-22-14-12-19(18-8-7-9-18)16-24(22)26(29)27(30-3)25(23)17-21/h4-5,7-10,16-17,30H,6,11-15,29H2,1-3H3. The molecule has 0 amide bonds. The zero-order chi connectivity index (χ0) is 20.9. The minimum Gasteiger partial charge on any atom is -0.397 e. The molecule has 0 saturated carbocycles. The summed E-state index contributed by atoms with van der Waals surface area (Å²) in [5.41, 5.74) is 20.3. The normalized spacial score (nSPS) is 19.7. The van der Waals surface area contributed by atoms with Crippen molar-refractivity contribution >= 4 is 23.5 Å². The van der Waals surface area contributed by atoms with Crippen LogP contribution in [0.1, 0.15) is 61.8 Å². The van der Waals surface area contributed by atoms with Crippen LogP contribution in [0.15, 0.2) is 58.7 Å². The van der Waals surface area contributed by atoms with Crippen LogP contribution in [-0.4, -0.2) is 7.05 Å². The Labute approximate surface area is 180 Å². The van der Waals surface area contributed by atoms with Gasteiger partial charge in [-0.15, -0.1) is 0 Å². The number of nitrogen functional groups attached to an aromatic ring is 1. The van der Waals surface area contributed by atoms with Gasteiger partial charge in [-0.2, -0.15) is 0 Å². The number of rotatable bonds is 4. The molecule has 0 radical (unpaired) electrons. The minimum absolute atomic E-state index is 0.0915. The Balaban J connectivity index is 1.62. The summed E-state index contributed by atoms with van der Waals surface area (Å²) in [6.07, 6.45) is 24.9. The van der Waals surface area contributed by atoms with E-state index in [-0.39, 0.29) is 5.41 Å². The summed E-state index contributed by atoms with van der Waals surface area (Å²) < 4.78 is 0. The molecule has 3 N–H and O–H groups in total. The van der Waals surface area contributed by atoms with Crippen LogP contribution in [0, 0.1) is 5.41 Å². The first-order chi connectivity index (χ1) is 14.5. The monoisotopic (exact) mass is 396 g/mol. The number of allylic oxidation sites excluding steroid dienone is 10. The second-order valence-corrected chi connectivity index (χ2v) is 9.43. The summed E-state index contributed by atoms with van der Waals surface area (Å²) >= 11 is 0. The molecule has 1 aromatic rings. The fourth-order valence-corrected chi connectivity index (χ4v) is 5.55. The first-order valence-electron chi connectivity index (χ1n) is 11.3. The van der Waals surface area contributed by atoms with Gasteiger partial charge in [-0.25, -0.2) is 0 Å². The van der Waals surface area contributed by atoms with E-state index in [0.29, 0.717) is 0 Å². The highest BCUT2D eigenvalue weighted by Crippen LogP contribution is 2.48. The van der Waals surface area contributed by atoms with Crippen LogP contribution in [0.5, 0.6) is 0 Å². The highest BCUT2D eigenvalue weighted by molar-refractivity contribution is 5.91. The van der Waals surface area contributed by atoms with E-state index < -0.39 is 0 Å². The molecule has 0 unspecified atom stereocenters. The molecule has 1 aromatic carbocycles. The van der Waals surface area contributed by atoms with Crippen molar-refractivity contribution < 1.29 is 0 Å². The summed E-state index contributed by atoms with van der Waals surface area (Å²) in [5, 5.41) is 3.44. The molecule has 0 aromatic heterocycles. The van der Waals surface area contributed by atoms with Gasteiger partial charge in [-0.05, 0) is 66.9 Å². The number of benzene rings is 1. The van der Waals surface area contributed by atoms with Crippen molar-refractivity contribution in [3.63, 3.8) is 0 Å². The zero-order valence-corrected chi connectivity index (χ0v) is 18.4. The molecule has 0 spiro atoms. The van der Waals surface area contributed by atoms with Crippen molar-refractivity contribution in [3.8, 4) is 0 Å². The summed E-state index contributed by atoms with van der Waals surface area (Å²) in [7, 11) is 2.00. The minimum atomic E-state index is 0.0915. The van der Waals surface area contributed by atoms with E-state index in [0.717, 1.165) is 49.9 Å². The van der Waals surface area contributed by atoms with Crippen LogP contribution in [0.4, 0.5) is 11.4 Å². The second kappa shape index (κ2) is 7.19. The number of nitrogens with one attached hydrogen (secondary N) is 1. The van der Waals surface area contributed by atoms with E-state index in [9.17, 15) is 0 Å². The van der Waals surface area contributed by atoms with Gasteiger partial charge in [0.1, 0.15) is 0 Å². The van der Waals surface area contributed by atoms with E-state index in [2.05, 4.69) is 67.8 Å². The molecular weight excluding hydrogens is 364 g/mol. The van der Waals surface area contributed by atoms with E-state index in [1.54, 1.807) is 5.57 Å². The molecule has 0 saturated heterocycles. The molecule has 0 heterocycles. The van der Waals surface area contributed by atoms with Gasteiger partial charge in [-0.3, -0.25) is 0 Å². The van der Waals surface area contributed by atoms with Crippen molar-refractivity contribution in [2.45, 2.75) is 52.4 Å². The molecule has 0 bridgehead atoms. The maximum atomic E-state index is 6.76. The first-order valence-corrected chi connectivity index (χ1v) is 11.3. The third kappa shape index (κ3) is 2.93. The van der Waals surface area contributed by atoms with Crippen LogP contribution in [-0.2, 0) is 12.8 Å². The lowest BCUT2D eigenvalue weighted by molar-refractivity contribution is 0.494. The van der Waals surface area contributed by atoms with Gasteiger partial charge >= 0.3 is 0 Å². The molecule has 0 fully saturated rings. The van der Waals surface area contributed by atoms with E-state index >= 15 is 0 Å². The summed E-state index contributed by atoms with van der Waals surface area (Å²) in [5.74, 6) is 0. The predicted molar refractivity (Wildman–Crippen MR) is 130 cm³/mol. The number of nitrogens with two attached hydrogens (primary N) is 1. The Bertz CT molecular complexity index is 1100. The maximum absolute atomic E-state index is 6.76. The van der Waals surface area contributed by atoms with Crippen molar-refractivity contribution in [1.29, 1.82) is 0 Å². The third-order valence-electron chi connectivity index (χ3n) is 7.56. The maximum Gasteiger partial charge on any atom is 0.0654 e. The SMILES string of the molecule is CNc1c(N)c2c(c3c1C=C(C(C)(C)C1=CC=CCC1)CC3)CCC(C1=CC=C1)=C2. The second-order valence-electron chi connectivity index (χ2n) is 9.43. The number of anilines is 2. The average Bonchev–Trinajstić information content (AvgIpc) is 2.73. The number of hydrogen-bond acceptors (Lipinski definition) is 2. The van der Waals surface area contributed by atoms with E-state index in [1.807, 2.05) is 7.05 Å². The molecule has 0 aliphatic heterocycles. The zero-order valence-electron chi connectivity index (χ0n) is 18.4. The highest BCUT2D eigenvalue weighted by atomic mass is 14.9. The van der Waals surface area contributed by atoms with E-state index in [4.69, 9.17) is 5.73 Å². The molecule has 0 atom stereocenters. The lowest BCUT2D eigenvalue weighted by Gasteiger charge is -2.36. The lowest BCUT2D eigenvalue weighted by atomic mass is 9.69. The van der Waals surface area contributed by atoms with Crippen molar-refractivity contribution in [2.24, 2.45) is 5.41 Å². The first kappa shape index (κ1) is 19.2. The topological polar surface area (TPSA) is 38.0 Å². The smallest absolute Gasteiger partial charge is 0.0654 e. The largest absolute Gasteiger partial charge is 0.397 e. The van der Waals surface area contributed by atoms with Gasteiger partial charge in [-0.1, -0.05) is 67.5 Å². The van der Waals surface area contributed by atoms with Crippen LogP contribution in [0.2, 0.25) is 0 Å². The summed E-state index contributed by atoms with van der Waals surface area (Å²) in [4.78, 5) is 0. The summed E-state index contributed by atoms with van der Waals surface area (Å²) in [6, 6.07) is 0. The molecule has 5 rings (SSSR count). The molecule has 2 heteroatoms. The van der Waals surface area contributed by atoms with Crippen LogP contribution < -0.4 is 11.1 Å². The van der Waals surface area contributed by atoms with Crippen molar-refractivity contribution in [3.05, 3.63) is 81.0 Å². The van der Waals surface area contributed by atoms with Crippen LogP contribution in [0.25, 0.3) is 12.2 Å². The van der Waals surface area contributed by atoms with E-state index in [1.165, 1.54) is 39.0 Å². The fourth-order valence-electron chi connectivity index (χ4n) is 5.55. The summed E-state index contributed by atoms with van der Waals surface area (Å²) in [6.45, 7) is 4.79. The van der Waals surface area contributed by atoms with Crippen LogP contribution in [0.3, 0.4) is 0 Å².